The van der Waals surface area contributed by atoms with E-state index in [1.54, 1.807) is 31.2 Å². The van der Waals surface area contributed by atoms with Crippen molar-refractivity contribution in [3.05, 3.63) is 46.4 Å². The summed E-state index contributed by atoms with van der Waals surface area (Å²) in [4.78, 5) is 23.2. The number of halogens is 1. The van der Waals surface area contributed by atoms with Gasteiger partial charge in [0.15, 0.2) is 0 Å². The second-order valence-electron chi connectivity index (χ2n) is 6.18. The number of nitrogens with one attached hydrogen (secondary N) is 2. The number of hydrogen-bond donors (Lipinski definition) is 2. The molecule has 0 saturated carbocycles. The first kappa shape index (κ1) is 19.1. The number of rotatable bonds is 7. The Balaban J connectivity index is 2.06. The first-order valence-electron chi connectivity index (χ1n) is 8.17. The summed E-state index contributed by atoms with van der Waals surface area (Å²) in [6.07, 6.45) is 0.988. The van der Waals surface area contributed by atoms with Gasteiger partial charge in [0, 0.05) is 23.3 Å². The molecule has 0 aliphatic carbocycles. The number of carbonyl (C=O) groups is 1. The normalized spacial score (nSPS) is 10.8. The highest BCUT2D eigenvalue weighted by Crippen LogP contribution is 2.20. The zero-order valence-corrected chi connectivity index (χ0v) is 15.8. The fourth-order valence-corrected chi connectivity index (χ4v) is 2.57. The van der Waals surface area contributed by atoms with Gasteiger partial charge in [0.2, 0.25) is 0 Å². The van der Waals surface area contributed by atoms with Gasteiger partial charge < -0.3 is 15.5 Å². The highest BCUT2D eigenvalue weighted by atomic mass is 35.5. The zero-order chi connectivity index (χ0) is 18.4. The van der Waals surface area contributed by atoms with Gasteiger partial charge in [0.1, 0.15) is 17.3 Å². The summed E-state index contributed by atoms with van der Waals surface area (Å²) < 4.78 is 0. The summed E-state index contributed by atoms with van der Waals surface area (Å²) >= 11 is 5.95. The van der Waals surface area contributed by atoms with Crippen LogP contribution in [-0.2, 0) is 0 Å². The standard InChI is InChI=1S/C18H24ClN5O/c1-12-10-14(19)6-7-15(12)23-18(25)16-11-17(22-13(2)21-16)20-8-5-9-24(3)4/h6-7,10-11H,5,8-9H2,1-4H3,(H,23,25)(H,20,21,22). The minimum Gasteiger partial charge on any atom is -0.370 e. The van der Waals surface area contributed by atoms with E-state index in [0.29, 0.717) is 28.0 Å². The fourth-order valence-electron chi connectivity index (χ4n) is 2.34. The number of benzene rings is 1. The summed E-state index contributed by atoms with van der Waals surface area (Å²) in [7, 11) is 4.08. The van der Waals surface area contributed by atoms with Crippen molar-refractivity contribution in [1.29, 1.82) is 0 Å². The maximum absolute atomic E-state index is 12.5. The maximum atomic E-state index is 12.5. The molecule has 6 nitrogen and oxygen atoms in total. The van der Waals surface area contributed by atoms with Crippen molar-refractivity contribution in [3.63, 3.8) is 0 Å². The minimum absolute atomic E-state index is 0.271. The van der Waals surface area contributed by atoms with Crippen LogP contribution in [0.1, 0.15) is 28.3 Å². The van der Waals surface area contributed by atoms with Crippen LogP contribution >= 0.6 is 11.6 Å². The Hall–Kier alpha value is -2.18. The Bertz CT molecular complexity index is 748. The van der Waals surface area contributed by atoms with Crippen molar-refractivity contribution in [3.8, 4) is 0 Å². The molecule has 0 saturated heterocycles. The van der Waals surface area contributed by atoms with Gasteiger partial charge in [0.25, 0.3) is 5.91 Å². The van der Waals surface area contributed by atoms with Crippen molar-refractivity contribution in [2.45, 2.75) is 20.3 Å². The molecule has 2 rings (SSSR count). The Morgan fingerprint density at radius 3 is 2.64 bits per heavy atom. The van der Waals surface area contributed by atoms with Gasteiger partial charge in [0.05, 0.1) is 0 Å². The van der Waals surface area contributed by atoms with Gasteiger partial charge in [-0.05, 0) is 64.7 Å². The van der Waals surface area contributed by atoms with Gasteiger partial charge in [-0.25, -0.2) is 9.97 Å². The van der Waals surface area contributed by atoms with Crippen molar-refractivity contribution in [1.82, 2.24) is 14.9 Å². The largest absolute Gasteiger partial charge is 0.370 e. The molecule has 2 aromatic rings. The van der Waals surface area contributed by atoms with Crippen LogP contribution in [0, 0.1) is 13.8 Å². The van der Waals surface area contributed by atoms with Crippen LogP contribution in [0.2, 0.25) is 5.02 Å². The van der Waals surface area contributed by atoms with Crippen LogP contribution in [0.5, 0.6) is 0 Å². The molecule has 0 aliphatic rings. The summed E-state index contributed by atoms with van der Waals surface area (Å²) in [5.41, 5.74) is 1.94. The monoisotopic (exact) mass is 361 g/mol. The van der Waals surface area contributed by atoms with Gasteiger partial charge in [-0.2, -0.15) is 0 Å². The third kappa shape index (κ3) is 5.99. The number of anilines is 2. The lowest BCUT2D eigenvalue weighted by Crippen LogP contribution is -2.18. The molecule has 0 atom stereocenters. The zero-order valence-electron chi connectivity index (χ0n) is 15.1. The number of nitrogens with zero attached hydrogens (tertiary/aromatic N) is 3. The van der Waals surface area contributed by atoms with Crippen LogP contribution in [0.3, 0.4) is 0 Å². The van der Waals surface area contributed by atoms with E-state index in [-0.39, 0.29) is 5.91 Å². The smallest absolute Gasteiger partial charge is 0.274 e. The molecule has 0 bridgehead atoms. The second-order valence-corrected chi connectivity index (χ2v) is 6.62. The van der Waals surface area contributed by atoms with Crippen LogP contribution < -0.4 is 10.6 Å². The molecule has 134 valence electrons. The average Bonchev–Trinajstić information content (AvgIpc) is 2.53. The number of aromatic nitrogens is 2. The molecule has 1 amide bonds. The summed E-state index contributed by atoms with van der Waals surface area (Å²) in [6.45, 7) is 5.44. The van der Waals surface area contributed by atoms with Crippen molar-refractivity contribution < 1.29 is 4.79 Å². The average molecular weight is 362 g/mol. The van der Waals surface area contributed by atoms with E-state index in [1.807, 2.05) is 21.0 Å². The second kappa shape index (κ2) is 8.78. The Kier molecular flexibility index (Phi) is 6.73. The van der Waals surface area contributed by atoms with Gasteiger partial charge >= 0.3 is 0 Å². The molecule has 1 aromatic heterocycles. The Morgan fingerprint density at radius 1 is 1.20 bits per heavy atom. The molecule has 25 heavy (non-hydrogen) atoms. The number of carbonyl (C=O) groups excluding carboxylic acids is 1. The maximum Gasteiger partial charge on any atom is 0.274 e. The molecule has 0 radical (unpaired) electrons. The van der Waals surface area contributed by atoms with Gasteiger partial charge in [-0.15, -0.1) is 0 Å². The molecule has 1 heterocycles. The molecule has 1 aromatic carbocycles. The van der Waals surface area contributed by atoms with Crippen LogP contribution in [0.4, 0.5) is 11.5 Å². The van der Waals surface area contributed by atoms with E-state index >= 15 is 0 Å². The molecule has 2 N–H and O–H groups in total. The third-order valence-corrected chi connectivity index (χ3v) is 3.83. The fraction of sp³-hybridized carbons (Fsp3) is 0.389. The number of hydrogen-bond acceptors (Lipinski definition) is 5. The number of amides is 1. The molecular weight excluding hydrogens is 338 g/mol. The van der Waals surface area contributed by atoms with Gasteiger partial charge in [-0.3, -0.25) is 4.79 Å². The van der Waals surface area contributed by atoms with Crippen molar-refractivity contribution in [2.24, 2.45) is 0 Å². The minimum atomic E-state index is -0.271. The van der Waals surface area contributed by atoms with E-state index in [9.17, 15) is 4.79 Å². The van der Waals surface area contributed by atoms with Crippen LogP contribution in [0.25, 0.3) is 0 Å². The van der Waals surface area contributed by atoms with E-state index in [1.165, 1.54) is 0 Å². The van der Waals surface area contributed by atoms with Gasteiger partial charge in [-0.1, -0.05) is 11.6 Å². The predicted molar refractivity (Wildman–Crippen MR) is 103 cm³/mol. The SMILES string of the molecule is Cc1nc(NCCCN(C)C)cc(C(=O)Nc2ccc(Cl)cc2C)n1. The van der Waals surface area contributed by atoms with Crippen LogP contribution in [0.15, 0.2) is 24.3 Å². The third-order valence-electron chi connectivity index (χ3n) is 3.60. The Labute approximate surface area is 153 Å². The molecule has 7 heteroatoms. The highest BCUT2D eigenvalue weighted by Gasteiger charge is 2.12. The topological polar surface area (TPSA) is 70.2 Å². The van der Waals surface area contributed by atoms with E-state index < -0.39 is 0 Å². The molecular formula is C18H24ClN5O. The van der Waals surface area contributed by atoms with E-state index in [2.05, 4.69) is 25.5 Å². The number of aryl methyl sites for hydroxylation is 2. The lowest BCUT2D eigenvalue weighted by atomic mass is 10.2. The molecule has 0 fully saturated rings. The lowest BCUT2D eigenvalue weighted by molar-refractivity contribution is 0.102. The predicted octanol–water partition coefficient (Wildman–Crippen LogP) is 3.36. The lowest BCUT2D eigenvalue weighted by Gasteiger charge is -2.12. The molecule has 0 aliphatic heterocycles. The summed E-state index contributed by atoms with van der Waals surface area (Å²) in [6, 6.07) is 7.00. The van der Waals surface area contributed by atoms with E-state index in [0.717, 1.165) is 25.1 Å². The summed E-state index contributed by atoms with van der Waals surface area (Å²) in [5.74, 6) is 0.937. The Morgan fingerprint density at radius 2 is 1.96 bits per heavy atom. The van der Waals surface area contributed by atoms with Crippen LogP contribution in [-0.4, -0.2) is 48.0 Å². The summed E-state index contributed by atoms with van der Waals surface area (Å²) in [5, 5.41) is 6.75. The first-order chi connectivity index (χ1) is 11.8. The highest BCUT2D eigenvalue weighted by molar-refractivity contribution is 6.30. The van der Waals surface area contributed by atoms with Crippen molar-refractivity contribution >= 4 is 29.0 Å². The quantitative estimate of drug-likeness (QED) is 0.740. The molecule has 0 unspecified atom stereocenters. The van der Waals surface area contributed by atoms with Crippen molar-refractivity contribution in [2.75, 3.05) is 37.8 Å². The van der Waals surface area contributed by atoms with E-state index in [4.69, 9.17) is 11.6 Å². The first-order valence-corrected chi connectivity index (χ1v) is 8.55. The molecule has 0 spiro atoms.